The van der Waals surface area contributed by atoms with E-state index >= 15 is 0 Å². The van der Waals surface area contributed by atoms with Crippen molar-refractivity contribution in [2.75, 3.05) is 5.32 Å². The first-order valence-corrected chi connectivity index (χ1v) is 7.46. The van der Waals surface area contributed by atoms with Crippen molar-refractivity contribution in [1.29, 1.82) is 0 Å². The molecule has 2 rings (SSSR count). The molecule has 0 aliphatic carbocycles. The average Bonchev–Trinajstić information content (AvgIpc) is 2.78. The summed E-state index contributed by atoms with van der Waals surface area (Å²) in [6, 6.07) is 7.30. The minimum atomic E-state index is 0.0490. The molecule has 1 heterocycles. The third kappa shape index (κ3) is 3.92. The highest BCUT2D eigenvalue weighted by Crippen LogP contribution is 2.16. The lowest BCUT2D eigenvalue weighted by molar-refractivity contribution is 0.101. The van der Waals surface area contributed by atoms with E-state index in [0.29, 0.717) is 10.7 Å². The standard InChI is InChI=1S/C16H20N4OS/c1-10(15-9-20(4)19-11(15)2)17-16(22)18-14-7-5-13(6-8-14)12(3)21/h5-10H,1-4H3,(H2,17,18,22). The van der Waals surface area contributed by atoms with E-state index in [2.05, 4.69) is 15.7 Å². The Morgan fingerprint density at radius 1 is 1.32 bits per heavy atom. The number of nitrogens with zero attached hydrogens (tertiary/aromatic N) is 2. The molecule has 0 radical (unpaired) electrons. The van der Waals surface area contributed by atoms with Gasteiger partial charge in [0.2, 0.25) is 0 Å². The topological polar surface area (TPSA) is 59.0 Å². The minimum absolute atomic E-state index is 0.0490. The largest absolute Gasteiger partial charge is 0.356 e. The number of aromatic nitrogens is 2. The SMILES string of the molecule is CC(=O)c1ccc(NC(=S)NC(C)c2cn(C)nc2C)cc1. The number of carbonyl (C=O) groups excluding carboxylic acids is 1. The summed E-state index contributed by atoms with van der Waals surface area (Å²) in [6.07, 6.45) is 1.98. The Kier molecular flexibility index (Phi) is 4.92. The van der Waals surface area contributed by atoms with Gasteiger partial charge in [0.25, 0.3) is 0 Å². The first-order valence-electron chi connectivity index (χ1n) is 7.05. The number of rotatable bonds is 4. The van der Waals surface area contributed by atoms with Crippen LogP contribution in [0.2, 0.25) is 0 Å². The fourth-order valence-electron chi connectivity index (χ4n) is 2.27. The lowest BCUT2D eigenvalue weighted by Crippen LogP contribution is -2.31. The molecule has 0 fully saturated rings. The van der Waals surface area contributed by atoms with Crippen LogP contribution in [-0.4, -0.2) is 20.7 Å². The lowest BCUT2D eigenvalue weighted by atomic mass is 10.1. The Hall–Kier alpha value is -2.21. The molecule has 0 spiro atoms. The van der Waals surface area contributed by atoms with Crippen LogP contribution in [0.3, 0.4) is 0 Å². The summed E-state index contributed by atoms with van der Waals surface area (Å²) in [5.41, 5.74) is 3.62. The van der Waals surface area contributed by atoms with Gasteiger partial charge in [0.1, 0.15) is 0 Å². The van der Waals surface area contributed by atoms with E-state index in [1.54, 1.807) is 23.7 Å². The third-order valence-electron chi connectivity index (χ3n) is 3.41. The summed E-state index contributed by atoms with van der Waals surface area (Å²) >= 11 is 5.33. The molecule has 2 N–H and O–H groups in total. The molecule has 0 saturated heterocycles. The molecule has 1 aromatic carbocycles. The molecule has 0 bridgehead atoms. The van der Waals surface area contributed by atoms with E-state index in [1.807, 2.05) is 39.2 Å². The third-order valence-corrected chi connectivity index (χ3v) is 3.63. The Balaban J connectivity index is 1.97. The molecule has 5 nitrogen and oxygen atoms in total. The Bertz CT molecular complexity index is 691. The summed E-state index contributed by atoms with van der Waals surface area (Å²) < 4.78 is 1.79. The van der Waals surface area contributed by atoms with Crippen molar-refractivity contribution in [2.45, 2.75) is 26.8 Å². The Labute approximate surface area is 135 Å². The fraction of sp³-hybridized carbons (Fsp3) is 0.312. The molecule has 1 unspecified atom stereocenters. The second-order valence-electron chi connectivity index (χ2n) is 5.30. The summed E-state index contributed by atoms with van der Waals surface area (Å²) in [4.78, 5) is 11.2. The van der Waals surface area contributed by atoms with Crippen LogP contribution >= 0.6 is 12.2 Å². The van der Waals surface area contributed by atoms with E-state index in [0.717, 1.165) is 16.9 Å². The molecule has 0 aliphatic heterocycles. The van der Waals surface area contributed by atoms with Gasteiger partial charge in [0.05, 0.1) is 11.7 Å². The summed E-state index contributed by atoms with van der Waals surface area (Å²) in [5, 5.41) is 11.2. The van der Waals surface area contributed by atoms with Crippen molar-refractivity contribution < 1.29 is 4.79 Å². The van der Waals surface area contributed by atoms with Crippen molar-refractivity contribution in [3.8, 4) is 0 Å². The first-order chi connectivity index (χ1) is 10.4. The maximum atomic E-state index is 11.2. The van der Waals surface area contributed by atoms with Crippen LogP contribution in [0.25, 0.3) is 0 Å². The van der Waals surface area contributed by atoms with E-state index in [9.17, 15) is 4.79 Å². The second-order valence-corrected chi connectivity index (χ2v) is 5.71. The van der Waals surface area contributed by atoms with Gasteiger partial charge in [-0.05, 0) is 57.3 Å². The molecule has 22 heavy (non-hydrogen) atoms. The number of aryl methyl sites for hydroxylation is 2. The van der Waals surface area contributed by atoms with Crippen molar-refractivity contribution in [1.82, 2.24) is 15.1 Å². The van der Waals surface area contributed by atoms with Gasteiger partial charge in [-0.15, -0.1) is 0 Å². The van der Waals surface area contributed by atoms with Gasteiger partial charge in [0.15, 0.2) is 10.9 Å². The van der Waals surface area contributed by atoms with E-state index in [-0.39, 0.29) is 11.8 Å². The van der Waals surface area contributed by atoms with Crippen molar-refractivity contribution in [3.63, 3.8) is 0 Å². The molecular formula is C16H20N4OS. The maximum absolute atomic E-state index is 11.2. The quantitative estimate of drug-likeness (QED) is 0.671. The number of hydrogen-bond donors (Lipinski definition) is 2. The number of anilines is 1. The maximum Gasteiger partial charge on any atom is 0.171 e. The van der Waals surface area contributed by atoms with Gasteiger partial charge in [-0.2, -0.15) is 5.10 Å². The predicted molar refractivity (Wildman–Crippen MR) is 92.2 cm³/mol. The van der Waals surface area contributed by atoms with Gasteiger partial charge >= 0.3 is 0 Å². The number of hydrogen-bond acceptors (Lipinski definition) is 3. The highest BCUT2D eigenvalue weighted by atomic mass is 32.1. The Morgan fingerprint density at radius 2 is 1.95 bits per heavy atom. The number of carbonyl (C=O) groups is 1. The zero-order chi connectivity index (χ0) is 16.3. The molecule has 0 amide bonds. The second kappa shape index (κ2) is 6.70. The summed E-state index contributed by atoms with van der Waals surface area (Å²) in [5.74, 6) is 0.0490. The fourth-order valence-corrected chi connectivity index (χ4v) is 2.57. The zero-order valence-electron chi connectivity index (χ0n) is 13.2. The molecule has 6 heteroatoms. The van der Waals surface area contributed by atoms with Crippen molar-refractivity contribution in [2.24, 2.45) is 7.05 Å². The van der Waals surface area contributed by atoms with E-state index in [1.165, 1.54) is 0 Å². The number of nitrogens with one attached hydrogen (secondary N) is 2. The normalized spacial score (nSPS) is 11.8. The molecular weight excluding hydrogens is 296 g/mol. The number of ketones is 1. The lowest BCUT2D eigenvalue weighted by Gasteiger charge is -2.16. The van der Waals surface area contributed by atoms with Crippen LogP contribution in [-0.2, 0) is 7.05 Å². The Morgan fingerprint density at radius 3 is 2.45 bits per heavy atom. The summed E-state index contributed by atoms with van der Waals surface area (Å²) in [7, 11) is 1.90. The number of benzene rings is 1. The number of Topliss-reactive ketones (excluding diaryl/α,β-unsaturated/α-hetero) is 1. The summed E-state index contributed by atoms with van der Waals surface area (Å²) in [6.45, 7) is 5.56. The highest BCUT2D eigenvalue weighted by molar-refractivity contribution is 7.80. The minimum Gasteiger partial charge on any atom is -0.356 e. The monoisotopic (exact) mass is 316 g/mol. The van der Waals surface area contributed by atoms with E-state index in [4.69, 9.17) is 12.2 Å². The van der Waals surface area contributed by atoms with Crippen molar-refractivity contribution >= 4 is 28.8 Å². The van der Waals surface area contributed by atoms with Gasteiger partial charge in [-0.3, -0.25) is 9.48 Å². The van der Waals surface area contributed by atoms with Crippen LogP contribution < -0.4 is 10.6 Å². The van der Waals surface area contributed by atoms with Crippen LogP contribution in [0.5, 0.6) is 0 Å². The number of thiocarbonyl (C=S) groups is 1. The predicted octanol–water partition coefficient (Wildman–Crippen LogP) is 2.98. The molecule has 1 aromatic heterocycles. The van der Waals surface area contributed by atoms with Gasteiger partial charge in [0, 0.05) is 30.1 Å². The molecule has 0 aliphatic rings. The van der Waals surface area contributed by atoms with Gasteiger partial charge in [-0.25, -0.2) is 0 Å². The van der Waals surface area contributed by atoms with Gasteiger partial charge in [-0.1, -0.05) is 0 Å². The molecule has 0 saturated carbocycles. The van der Waals surface area contributed by atoms with Crippen LogP contribution in [0.15, 0.2) is 30.5 Å². The average molecular weight is 316 g/mol. The zero-order valence-corrected chi connectivity index (χ0v) is 14.0. The smallest absolute Gasteiger partial charge is 0.171 e. The highest BCUT2D eigenvalue weighted by Gasteiger charge is 2.12. The van der Waals surface area contributed by atoms with E-state index < -0.39 is 0 Å². The van der Waals surface area contributed by atoms with Gasteiger partial charge < -0.3 is 10.6 Å². The first kappa shape index (κ1) is 16.2. The molecule has 1 atom stereocenters. The molecule has 2 aromatic rings. The van der Waals surface area contributed by atoms with Crippen molar-refractivity contribution in [3.05, 3.63) is 47.3 Å². The van der Waals surface area contributed by atoms with Crippen LogP contribution in [0, 0.1) is 6.92 Å². The van der Waals surface area contributed by atoms with Crippen LogP contribution in [0.4, 0.5) is 5.69 Å². The molecule has 116 valence electrons. The van der Waals surface area contributed by atoms with Crippen LogP contribution in [0.1, 0.15) is 41.5 Å².